The predicted octanol–water partition coefficient (Wildman–Crippen LogP) is 2.76. The Hall–Kier alpha value is -3.48. The summed E-state index contributed by atoms with van der Waals surface area (Å²) in [4.78, 5) is 15.1. The number of nitriles is 1. The molecule has 0 atom stereocenters. The molecular weight excluding hydrogens is 438 g/mol. The standard InChI is InChI=1S/C24H25N5O3S/c1-3-23-22(17-26-29(23)20-8-4-18(2)5-9-20)24(30)27-12-14-28(15-13-27)33(31,32)21-10-6-19(16-25)7-11-21/h4-11,17H,3,12-15H2,1-2H3. The molecule has 33 heavy (non-hydrogen) atoms. The van der Waals surface area contributed by atoms with Gasteiger partial charge in [0, 0.05) is 26.2 Å². The third-order valence-electron chi connectivity index (χ3n) is 5.86. The van der Waals surface area contributed by atoms with Gasteiger partial charge in [0.2, 0.25) is 10.0 Å². The highest BCUT2D eigenvalue weighted by Crippen LogP contribution is 2.21. The lowest BCUT2D eigenvalue weighted by molar-refractivity contribution is 0.0696. The summed E-state index contributed by atoms with van der Waals surface area (Å²) in [6.07, 6.45) is 2.24. The molecule has 0 unspecified atom stereocenters. The van der Waals surface area contributed by atoms with E-state index in [1.54, 1.807) is 15.8 Å². The first kappa shape index (κ1) is 22.7. The molecule has 0 aliphatic carbocycles. The van der Waals surface area contributed by atoms with Gasteiger partial charge in [0.1, 0.15) is 0 Å². The zero-order valence-corrected chi connectivity index (χ0v) is 19.4. The molecule has 1 saturated heterocycles. The lowest BCUT2D eigenvalue weighted by Crippen LogP contribution is -2.50. The van der Waals surface area contributed by atoms with Gasteiger partial charge in [0.25, 0.3) is 5.91 Å². The van der Waals surface area contributed by atoms with Crippen molar-refractivity contribution in [2.24, 2.45) is 0 Å². The number of rotatable bonds is 5. The van der Waals surface area contributed by atoms with Crippen LogP contribution in [0.3, 0.4) is 0 Å². The van der Waals surface area contributed by atoms with Gasteiger partial charge in [-0.1, -0.05) is 24.6 Å². The average Bonchev–Trinajstić information content (AvgIpc) is 3.28. The molecule has 0 bridgehead atoms. The molecule has 1 fully saturated rings. The summed E-state index contributed by atoms with van der Waals surface area (Å²) in [6.45, 7) is 5.02. The van der Waals surface area contributed by atoms with Gasteiger partial charge in [-0.2, -0.15) is 14.7 Å². The highest BCUT2D eigenvalue weighted by molar-refractivity contribution is 7.89. The molecule has 0 saturated carbocycles. The average molecular weight is 464 g/mol. The molecule has 2 heterocycles. The van der Waals surface area contributed by atoms with Crippen molar-refractivity contribution >= 4 is 15.9 Å². The zero-order chi connectivity index (χ0) is 23.6. The van der Waals surface area contributed by atoms with Crippen molar-refractivity contribution < 1.29 is 13.2 Å². The lowest BCUT2D eigenvalue weighted by Gasteiger charge is -2.34. The Kier molecular flexibility index (Phi) is 6.31. The topological polar surface area (TPSA) is 99.3 Å². The van der Waals surface area contributed by atoms with E-state index in [0.717, 1.165) is 16.9 Å². The van der Waals surface area contributed by atoms with Crippen LogP contribution in [0.5, 0.6) is 0 Å². The minimum Gasteiger partial charge on any atom is -0.336 e. The molecule has 8 nitrogen and oxygen atoms in total. The van der Waals surface area contributed by atoms with Crippen LogP contribution in [0.4, 0.5) is 0 Å². The maximum atomic E-state index is 13.2. The number of piperazine rings is 1. The van der Waals surface area contributed by atoms with Gasteiger partial charge in [0.05, 0.1) is 39.7 Å². The fourth-order valence-corrected chi connectivity index (χ4v) is 5.38. The Bertz CT molecular complexity index is 1300. The highest BCUT2D eigenvalue weighted by atomic mass is 32.2. The fraction of sp³-hybridized carbons (Fsp3) is 0.292. The molecule has 3 aromatic rings. The van der Waals surface area contributed by atoms with Crippen LogP contribution in [0.25, 0.3) is 5.69 Å². The third-order valence-corrected chi connectivity index (χ3v) is 7.77. The van der Waals surface area contributed by atoms with Gasteiger partial charge in [-0.05, 0) is 49.7 Å². The number of nitrogens with zero attached hydrogens (tertiary/aromatic N) is 5. The molecule has 2 aromatic carbocycles. The van der Waals surface area contributed by atoms with Crippen molar-refractivity contribution in [3.05, 3.63) is 77.1 Å². The van der Waals surface area contributed by atoms with Crippen molar-refractivity contribution in [3.63, 3.8) is 0 Å². The first-order valence-corrected chi connectivity index (χ1v) is 12.2. The molecule has 0 spiro atoms. The van der Waals surface area contributed by atoms with Gasteiger partial charge >= 0.3 is 0 Å². The van der Waals surface area contributed by atoms with E-state index in [1.807, 2.05) is 44.2 Å². The van der Waals surface area contributed by atoms with Crippen molar-refractivity contribution in [1.82, 2.24) is 19.0 Å². The number of hydrogen-bond acceptors (Lipinski definition) is 5. The van der Waals surface area contributed by atoms with E-state index in [2.05, 4.69) is 5.10 Å². The molecule has 1 aliphatic rings. The summed E-state index contributed by atoms with van der Waals surface area (Å²) in [5.41, 5.74) is 3.82. The largest absolute Gasteiger partial charge is 0.336 e. The second-order valence-electron chi connectivity index (χ2n) is 7.94. The number of aromatic nitrogens is 2. The second kappa shape index (κ2) is 9.17. The van der Waals surface area contributed by atoms with E-state index in [0.29, 0.717) is 30.6 Å². The summed E-state index contributed by atoms with van der Waals surface area (Å²) >= 11 is 0. The van der Waals surface area contributed by atoms with Gasteiger partial charge in [0.15, 0.2) is 0 Å². The first-order chi connectivity index (χ1) is 15.8. The van der Waals surface area contributed by atoms with Gasteiger partial charge in [-0.3, -0.25) is 4.79 Å². The molecule has 9 heteroatoms. The molecule has 0 radical (unpaired) electrons. The van der Waals surface area contributed by atoms with E-state index in [-0.39, 0.29) is 23.9 Å². The SMILES string of the molecule is CCc1c(C(=O)N2CCN(S(=O)(=O)c3ccc(C#N)cc3)CC2)cnn1-c1ccc(C)cc1. The number of sulfonamides is 1. The van der Waals surface area contributed by atoms with Crippen molar-refractivity contribution in [2.45, 2.75) is 25.2 Å². The molecule has 1 aliphatic heterocycles. The van der Waals surface area contributed by atoms with E-state index < -0.39 is 10.0 Å². The van der Waals surface area contributed by atoms with Crippen LogP contribution in [0.2, 0.25) is 0 Å². The molecule has 1 aromatic heterocycles. The van der Waals surface area contributed by atoms with E-state index >= 15 is 0 Å². The number of carbonyl (C=O) groups excluding carboxylic acids is 1. The van der Waals surface area contributed by atoms with Crippen LogP contribution in [0.15, 0.2) is 59.6 Å². The highest BCUT2D eigenvalue weighted by Gasteiger charge is 2.31. The first-order valence-electron chi connectivity index (χ1n) is 10.8. The Morgan fingerprint density at radius 1 is 1.03 bits per heavy atom. The van der Waals surface area contributed by atoms with Crippen molar-refractivity contribution in [1.29, 1.82) is 5.26 Å². The van der Waals surface area contributed by atoms with Crippen LogP contribution >= 0.6 is 0 Å². The van der Waals surface area contributed by atoms with Gasteiger partial charge in [-0.25, -0.2) is 13.1 Å². The third kappa shape index (κ3) is 4.40. The Balaban J connectivity index is 1.48. The van der Waals surface area contributed by atoms with Crippen LogP contribution in [-0.4, -0.2) is 59.5 Å². The molecule has 170 valence electrons. The Morgan fingerprint density at radius 2 is 1.67 bits per heavy atom. The predicted molar refractivity (Wildman–Crippen MR) is 123 cm³/mol. The Morgan fingerprint density at radius 3 is 2.24 bits per heavy atom. The van der Waals surface area contributed by atoms with Crippen LogP contribution in [0, 0.1) is 18.3 Å². The number of carbonyl (C=O) groups is 1. The quantitative estimate of drug-likeness (QED) is 0.579. The molecule has 0 N–H and O–H groups in total. The van der Waals surface area contributed by atoms with E-state index in [4.69, 9.17) is 5.26 Å². The monoisotopic (exact) mass is 463 g/mol. The zero-order valence-electron chi connectivity index (χ0n) is 18.6. The van der Waals surface area contributed by atoms with Crippen molar-refractivity contribution in [3.8, 4) is 11.8 Å². The molecule has 1 amide bonds. The minimum atomic E-state index is -3.68. The van der Waals surface area contributed by atoms with Crippen LogP contribution < -0.4 is 0 Å². The maximum Gasteiger partial charge on any atom is 0.257 e. The molecular formula is C24H25N5O3S. The normalized spacial score (nSPS) is 14.8. The number of hydrogen-bond donors (Lipinski definition) is 0. The smallest absolute Gasteiger partial charge is 0.257 e. The summed E-state index contributed by atoms with van der Waals surface area (Å²) < 4.78 is 29.1. The summed E-state index contributed by atoms with van der Waals surface area (Å²) in [6, 6.07) is 15.8. The van der Waals surface area contributed by atoms with Crippen LogP contribution in [0.1, 0.15) is 34.1 Å². The van der Waals surface area contributed by atoms with Gasteiger partial charge < -0.3 is 4.90 Å². The van der Waals surface area contributed by atoms with Crippen LogP contribution in [-0.2, 0) is 16.4 Å². The Labute approximate surface area is 193 Å². The second-order valence-corrected chi connectivity index (χ2v) is 9.88. The molecule has 4 rings (SSSR count). The number of aryl methyl sites for hydroxylation is 1. The summed E-state index contributed by atoms with van der Waals surface area (Å²) in [5.74, 6) is -0.138. The summed E-state index contributed by atoms with van der Waals surface area (Å²) in [7, 11) is -3.68. The lowest BCUT2D eigenvalue weighted by atomic mass is 10.1. The fourth-order valence-electron chi connectivity index (χ4n) is 3.95. The maximum absolute atomic E-state index is 13.2. The number of amides is 1. The van der Waals surface area contributed by atoms with E-state index in [9.17, 15) is 13.2 Å². The van der Waals surface area contributed by atoms with Crippen molar-refractivity contribution in [2.75, 3.05) is 26.2 Å². The summed E-state index contributed by atoms with van der Waals surface area (Å²) in [5, 5.41) is 13.4. The van der Waals surface area contributed by atoms with Gasteiger partial charge in [-0.15, -0.1) is 0 Å². The minimum absolute atomic E-state index is 0.138. The van der Waals surface area contributed by atoms with E-state index in [1.165, 1.54) is 28.6 Å². The number of benzene rings is 2.